The number of ketones is 1. The highest BCUT2D eigenvalue weighted by Gasteiger charge is 2.31. The number of hydrogen-bond acceptors (Lipinski definition) is 6. The number of nitrogens with one attached hydrogen (secondary N) is 4. The van der Waals surface area contributed by atoms with Crippen LogP contribution in [0.4, 0.5) is 0 Å². The summed E-state index contributed by atoms with van der Waals surface area (Å²) in [4.78, 5) is 33.9. The van der Waals surface area contributed by atoms with Gasteiger partial charge in [0.15, 0.2) is 7.98 Å². The predicted molar refractivity (Wildman–Crippen MR) is 69.3 cm³/mol. The normalized spacial score (nSPS) is 13.2. The van der Waals surface area contributed by atoms with Gasteiger partial charge in [0.1, 0.15) is 19.1 Å². The van der Waals surface area contributed by atoms with Crippen LogP contribution in [0.5, 0.6) is 0 Å². The topological polar surface area (TPSA) is 120 Å². The summed E-state index contributed by atoms with van der Waals surface area (Å²) < 4.78 is 0. The van der Waals surface area contributed by atoms with Gasteiger partial charge in [-0.2, -0.15) is 0 Å². The van der Waals surface area contributed by atoms with E-state index in [2.05, 4.69) is 15.8 Å². The summed E-state index contributed by atoms with van der Waals surface area (Å²) in [6.45, 7) is 1.51. The van der Waals surface area contributed by atoms with Crippen molar-refractivity contribution in [2.24, 2.45) is 0 Å². The Kier molecular flexibility index (Phi) is 8.93. The molecular formula is C8H14B3N4O4. The number of amides is 2. The molecule has 0 bridgehead atoms. The Morgan fingerprint density at radius 1 is 1.26 bits per heavy atom. The first-order valence-corrected chi connectivity index (χ1v) is 5.44. The van der Waals surface area contributed by atoms with Gasteiger partial charge in [-0.05, 0) is 6.92 Å². The molecule has 0 aliphatic rings. The molecule has 0 aliphatic heterocycles. The van der Waals surface area contributed by atoms with Gasteiger partial charge in [0.05, 0.1) is 6.04 Å². The van der Waals surface area contributed by atoms with E-state index in [0.29, 0.717) is 0 Å². The first kappa shape index (κ1) is 17.7. The molecule has 0 aliphatic carbocycles. The summed E-state index contributed by atoms with van der Waals surface area (Å²) >= 11 is 0. The Hall–Kier alpha value is -1.32. The smallest absolute Gasteiger partial charge is 0.261 e. The van der Waals surface area contributed by atoms with E-state index in [1.165, 1.54) is 12.4 Å². The van der Waals surface area contributed by atoms with Crippen LogP contribution < -0.4 is 21.3 Å². The first-order valence-electron chi connectivity index (χ1n) is 5.44. The van der Waals surface area contributed by atoms with Crippen molar-refractivity contribution in [2.75, 3.05) is 6.54 Å². The van der Waals surface area contributed by atoms with Crippen molar-refractivity contribution in [3.63, 3.8) is 0 Å². The van der Waals surface area contributed by atoms with Crippen LogP contribution in [0, 0.1) is 0 Å². The molecule has 5 N–H and O–H groups in total. The molecule has 0 aromatic carbocycles. The molecule has 0 rings (SSSR count). The van der Waals surface area contributed by atoms with Crippen molar-refractivity contribution in [1.29, 1.82) is 0 Å². The molecule has 0 aromatic rings. The van der Waals surface area contributed by atoms with Crippen LogP contribution in [0.2, 0.25) is 0 Å². The lowest BCUT2D eigenvalue weighted by molar-refractivity contribution is -0.135. The van der Waals surface area contributed by atoms with Crippen molar-refractivity contribution in [2.45, 2.75) is 25.4 Å². The molecule has 0 saturated heterocycles. The number of hydroxylamine groups is 1. The molecule has 2 amide bonds. The van der Waals surface area contributed by atoms with Gasteiger partial charge in [-0.3, -0.25) is 19.6 Å². The molecule has 19 heavy (non-hydrogen) atoms. The van der Waals surface area contributed by atoms with Crippen molar-refractivity contribution in [3.8, 4) is 0 Å². The average Bonchev–Trinajstić information content (AvgIpc) is 2.37. The maximum atomic E-state index is 11.8. The largest absolute Gasteiger partial charge is 0.357 e. The third-order valence-electron chi connectivity index (χ3n) is 2.24. The summed E-state index contributed by atoms with van der Waals surface area (Å²) in [6.07, 6.45) is 0.164. The third-order valence-corrected chi connectivity index (χ3v) is 2.24. The van der Waals surface area contributed by atoms with Gasteiger partial charge >= 0.3 is 0 Å². The Labute approximate surface area is 114 Å². The number of rotatable bonds is 9. The van der Waals surface area contributed by atoms with Gasteiger partial charge in [0, 0.05) is 20.7 Å². The fourth-order valence-corrected chi connectivity index (χ4v) is 1.29. The van der Waals surface area contributed by atoms with Crippen LogP contribution in [0.25, 0.3) is 0 Å². The molecule has 0 saturated carbocycles. The van der Waals surface area contributed by atoms with Gasteiger partial charge in [-0.1, -0.05) is 0 Å². The van der Waals surface area contributed by atoms with E-state index in [-0.39, 0.29) is 18.7 Å². The lowest BCUT2D eigenvalue weighted by atomic mass is 9.66. The van der Waals surface area contributed by atoms with Crippen LogP contribution in [0.15, 0.2) is 0 Å². The zero-order chi connectivity index (χ0) is 14.8. The van der Waals surface area contributed by atoms with E-state index in [1.54, 1.807) is 0 Å². The van der Waals surface area contributed by atoms with Crippen LogP contribution >= 0.6 is 0 Å². The van der Waals surface area contributed by atoms with Gasteiger partial charge < -0.3 is 15.8 Å². The van der Waals surface area contributed by atoms with Gasteiger partial charge in [0.25, 0.3) is 5.91 Å². The van der Waals surface area contributed by atoms with E-state index in [0.717, 1.165) is 7.31 Å². The highest BCUT2D eigenvalue weighted by Crippen LogP contribution is 1.95. The molecule has 1 unspecified atom stereocenters. The predicted octanol–water partition coefficient (Wildman–Crippen LogP) is -3.71. The number of Topliss-reactive ketones (excluding diaryl/α,β-unsaturated/α-hetero) is 1. The van der Waals surface area contributed by atoms with E-state index < -0.39 is 23.9 Å². The molecule has 8 nitrogen and oxygen atoms in total. The molecule has 99 valence electrons. The Morgan fingerprint density at radius 3 is 2.32 bits per heavy atom. The lowest BCUT2D eigenvalue weighted by Gasteiger charge is -2.25. The number of carbonyl (C=O) groups is 3. The zero-order valence-corrected chi connectivity index (χ0v) is 10.5. The fraction of sp³-hybridized carbons (Fsp3) is 0.625. The lowest BCUT2D eigenvalue weighted by Crippen LogP contribution is -2.61. The van der Waals surface area contributed by atoms with Crippen LogP contribution in [-0.2, 0) is 14.4 Å². The quantitative estimate of drug-likeness (QED) is 0.166. The van der Waals surface area contributed by atoms with Crippen molar-refractivity contribution in [3.05, 3.63) is 0 Å². The molecule has 0 fully saturated rings. The number of hydrogen-bond donors (Lipinski definition) is 5. The maximum Gasteiger partial charge on any atom is 0.261 e. The zero-order valence-electron chi connectivity index (χ0n) is 10.5. The summed E-state index contributed by atoms with van der Waals surface area (Å²) in [5.41, 5.74) is 1.37. The fourth-order valence-electron chi connectivity index (χ4n) is 1.29. The summed E-state index contributed by atoms with van der Waals surface area (Å²) in [5.74, 6) is -1.60. The summed E-state index contributed by atoms with van der Waals surface area (Å²) in [6, 6.07) is -2.39. The van der Waals surface area contributed by atoms with Crippen molar-refractivity contribution in [1.82, 2.24) is 21.3 Å². The van der Waals surface area contributed by atoms with E-state index in [1.807, 2.05) is 0 Å². The van der Waals surface area contributed by atoms with Crippen molar-refractivity contribution < 1.29 is 19.6 Å². The van der Waals surface area contributed by atoms with Gasteiger partial charge in [-0.25, -0.2) is 5.48 Å². The second-order valence-electron chi connectivity index (χ2n) is 3.67. The number of carbonyl (C=O) groups excluding carboxylic acids is 3. The highest BCUT2D eigenvalue weighted by molar-refractivity contribution is 6.88. The van der Waals surface area contributed by atoms with Crippen LogP contribution in [0.3, 0.4) is 0 Å². The van der Waals surface area contributed by atoms with Crippen molar-refractivity contribution >= 4 is 40.6 Å². The second-order valence-corrected chi connectivity index (χ2v) is 3.67. The Bertz CT molecular complexity index is 331. The van der Waals surface area contributed by atoms with E-state index in [4.69, 9.17) is 20.9 Å². The molecule has 0 aromatic heterocycles. The minimum atomic E-state index is -1.25. The van der Waals surface area contributed by atoms with Gasteiger partial charge in [0.2, 0.25) is 5.91 Å². The first-order chi connectivity index (χ1) is 8.97. The van der Waals surface area contributed by atoms with Crippen LogP contribution in [0.1, 0.15) is 13.3 Å². The van der Waals surface area contributed by atoms with E-state index in [9.17, 15) is 14.4 Å². The SMILES string of the molecule is [B][B]N[C@H](C(=O)NCCC(C)=O)C(N[B])C(=O)NO. The minimum Gasteiger partial charge on any atom is -0.357 e. The molecule has 5 radical (unpaired) electrons. The Morgan fingerprint density at radius 2 is 1.89 bits per heavy atom. The van der Waals surface area contributed by atoms with E-state index >= 15 is 0 Å². The summed E-state index contributed by atoms with van der Waals surface area (Å²) in [7, 11) is 11.3. The molecule has 2 atom stereocenters. The second kappa shape index (κ2) is 9.59. The summed E-state index contributed by atoms with van der Waals surface area (Å²) in [5, 5.41) is 15.5. The monoisotopic (exact) mass is 263 g/mol. The molecule has 0 spiro atoms. The average molecular weight is 263 g/mol. The molecule has 0 heterocycles. The maximum absolute atomic E-state index is 11.8. The van der Waals surface area contributed by atoms with Gasteiger partial charge in [-0.15, -0.1) is 0 Å². The molecular weight excluding hydrogens is 249 g/mol. The standard InChI is InChI=1S/C8H14B3N4O4/c1-4(16)2-3-12-7(17)6(14-11-9)5(13-10)8(18)15-19/h5-6,13-14,19H,2-3H2,1H3,(H,12,17)(H,15,18)/t5?,6-/m0/s1. The minimum absolute atomic E-state index is 0.0863. The highest BCUT2D eigenvalue weighted by atomic mass is 16.5. The third kappa shape index (κ3) is 6.41. The Balaban J connectivity index is 4.63. The van der Waals surface area contributed by atoms with Crippen LogP contribution in [-0.4, -0.2) is 64.5 Å². The molecule has 11 heteroatoms.